The van der Waals surface area contributed by atoms with E-state index in [0.717, 1.165) is 12.5 Å². The number of nitrogens with zero attached hydrogens (tertiary/aromatic N) is 2. The molecular weight excluding hydrogens is 258 g/mol. The van der Waals surface area contributed by atoms with E-state index in [0.29, 0.717) is 0 Å². The lowest BCUT2D eigenvalue weighted by molar-refractivity contribution is 0.108. The fourth-order valence-electron chi connectivity index (χ4n) is 3.60. The van der Waals surface area contributed by atoms with Crippen LogP contribution in [0, 0.1) is 12.8 Å². The topological polar surface area (TPSA) is 18.5 Å². The maximum atomic E-state index is 3.53. The molecular formula is C18H29N3. The molecule has 0 saturated carbocycles. The fraction of sp³-hybridized carbons (Fsp3) is 0.667. The first-order valence-electron chi connectivity index (χ1n) is 8.51. The van der Waals surface area contributed by atoms with Crippen molar-refractivity contribution in [3.05, 3.63) is 35.4 Å². The smallest absolute Gasteiger partial charge is 0.0237 e. The highest BCUT2D eigenvalue weighted by atomic mass is 15.3. The molecule has 3 heteroatoms. The largest absolute Gasteiger partial charge is 0.316 e. The summed E-state index contributed by atoms with van der Waals surface area (Å²) in [5.41, 5.74) is 2.91. The molecule has 0 amide bonds. The number of benzene rings is 1. The monoisotopic (exact) mass is 287 g/mol. The minimum atomic E-state index is 0.877. The molecule has 21 heavy (non-hydrogen) atoms. The SMILES string of the molecule is Cc1ccccc1CN1CCN(CC2CCCNC2)CC1. The Morgan fingerprint density at radius 2 is 1.86 bits per heavy atom. The van der Waals surface area contributed by atoms with Crippen LogP contribution in [0.15, 0.2) is 24.3 Å². The zero-order chi connectivity index (χ0) is 14.5. The quantitative estimate of drug-likeness (QED) is 0.915. The zero-order valence-corrected chi connectivity index (χ0v) is 13.4. The summed E-state index contributed by atoms with van der Waals surface area (Å²) in [7, 11) is 0. The van der Waals surface area contributed by atoms with Gasteiger partial charge in [0.1, 0.15) is 0 Å². The molecule has 1 atom stereocenters. The minimum Gasteiger partial charge on any atom is -0.316 e. The molecule has 2 heterocycles. The van der Waals surface area contributed by atoms with Gasteiger partial charge in [0, 0.05) is 39.3 Å². The second-order valence-electron chi connectivity index (χ2n) is 6.72. The minimum absolute atomic E-state index is 0.877. The predicted molar refractivity (Wildman–Crippen MR) is 88.5 cm³/mol. The molecule has 1 N–H and O–H groups in total. The van der Waals surface area contributed by atoms with Crippen LogP contribution in [0.25, 0.3) is 0 Å². The molecule has 3 nitrogen and oxygen atoms in total. The molecule has 0 spiro atoms. The molecule has 2 saturated heterocycles. The first-order chi connectivity index (χ1) is 10.3. The van der Waals surface area contributed by atoms with Gasteiger partial charge in [-0.3, -0.25) is 4.90 Å². The maximum absolute atomic E-state index is 3.53. The standard InChI is InChI=1S/C18H29N3/c1-16-5-2-3-7-18(16)15-21-11-9-20(10-12-21)14-17-6-4-8-19-13-17/h2-3,5,7,17,19H,4,6,8-15H2,1H3. The van der Waals surface area contributed by atoms with Gasteiger partial charge in [-0.15, -0.1) is 0 Å². The summed E-state index contributed by atoms with van der Waals surface area (Å²) in [6.07, 6.45) is 2.77. The van der Waals surface area contributed by atoms with Crippen molar-refractivity contribution in [3.8, 4) is 0 Å². The van der Waals surface area contributed by atoms with Crippen LogP contribution in [0.5, 0.6) is 0 Å². The highest BCUT2D eigenvalue weighted by molar-refractivity contribution is 5.25. The van der Waals surface area contributed by atoms with Gasteiger partial charge in [-0.25, -0.2) is 0 Å². The molecule has 0 aromatic heterocycles. The molecule has 116 valence electrons. The van der Waals surface area contributed by atoms with E-state index in [4.69, 9.17) is 0 Å². The van der Waals surface area contributed by atoms with Crippen LogP contribution in [-0.2, 0) is 6.54 Å². The van der Waals surface area contributed by atoms with Gasteiger partial charge in [0.2, 0.25) is 0 Å². The van der Waals surface area contributed by atoms with Gasteiger partial charge in [-0.05, 0) is 49.9 Å². The van der Waals surface area contributed by atoms with Crippen molar-refractivity contribution in [2.24, 2.45) is 5.92 Å². The molecule has 0 bridgehead atoms. The number of nitrogens with one attached hydrogen (secondary N) is 1. The van der Waals surface area contributed by atoms with E-state index < -0.39 is 0 Å². The van der Waals surface area contributed by atoms with Crippen molar-refractivity contribution in [2.75, 3.05) is 45.8 Å². The van der Waals surface area contributed by atoms with Gasteiger partial charge in [-0.2, -0.15) is 0 Å². The van der Waals surface area contributed by atoms with Crippen molar-refractivity contribution in [1.82, 2.24) is 15.1 Å². The predicted octanol–water partition coefficient (Wildman–Crippen LogP) is 2.11. The Bertz CT molecular complexity index is 432. The summed E-state index contributed by atoms with van der Waals surface area (Å²) in [6.45, 7) is 12.0. The number of hydrogen-bond donors (Lipinski definition) is 1. The lowest BCUT2D eigenvalue weighted by atomic mass is 9.99. The van der Waals surface area contributed by atoms with Gasteiger partial charge in [0.25, 0.3) is 0 Å². The average Bonchev–Trinajstić information content (AvgIpc) is 2.52. The highest BCUT2D eigenvalue weighted by Gasteiger charge is 2.21. The van der Waals surface area contributed by atoms with E-state index in [9.17, 15) is 0 Å². The van der Waals surface area contributed by atoms with Crippen molar-refractivity contribution < 1.29 is 0 Å². The Morgan fingerprint density at radius 1 is 1.10 bits per heavy atom. The first-order valence-corrected chi connectivity index (χ1v) is 8.51. The number of hydrogen-bond acceptors (Lipinski definition) is 3. The lowest BCUT2D eigenvalue weighted by Crippen LogP contribution is -2.48. The Hall–Kier alpha value is -0.900. The van der Waals surface area contributed by atoms with Crippen LogP contribution in [0.3, 0.4) is 0 Å². The molecule has 2 aliphatic heterocycles. The van der Waals surface area contributed by atoms with Gasteiger partial charge >= 0.3 is 0 Å². The van der Waals surface area contributed by atoms with Gasteiger partial charge in [-0.1, -0.05) is 24.3 Å². The molecule has 3 rings (SSSR count). The second-order valence-corrected chi connectivity index (χ2v) is 6.72. The molecule has 1 aromatic rings. The molecule has 1 unspecified atom stereocenters. The second kappa shape index (κ2) is 7.39. The molecule has 0 aliphatic carbocycles. The maximum Gasteiger partial charge on any atom is 0.0237 e. The third kappa shape index (κ3) is 4.29. The number of aryl methyl sites for hydroxylation is 1. The summed E-state index contributed by atoms with van der Waals surface area (Å²) in [5.74, 6) is 0.877. The van der Waals surface area contributed by atoms with Crippen LogP contribution >= 0.6 is 0 Å². The highest BCUT2D eigenvalue weighted by Crippen LogP contribution is 2.15. The summed E-state index contributed by atoms with van der Waals surface area (Å²) in [4.78, 5) is 5.28. The Labute approximate surface area is 129 Å². The number of piperidine rings is 1. The summed E-state index contributed by atoms with van der Waals surface area (Å²) in [5, 5.41) is 3.53. The Balaban J connectivity index is 1.43. The fourth-order valence-corrected chi connectivity index (χ4v) is 3.60. The van der Waals surface area contributed by atoms with E-state index in [1.807, 2.05) is 0 Å². The molecule has 1 aromatic carbocycles. The lowest BCUT2D eigenvalue weighted by Gasteiger charge is -2.37. The molecule has 0 radical (unpaired) electrons. The van der Waals surface area contributed by atoms with E-state index in [2.05, 4.69) is 46.3 Å². The van der Waals surface area contributed by atoms with Crippen LogP contribution in [0.4, 0.5) is 0 Å². The van der Waals surface area contributed by atoms with Crippen LogP contribution < -0.4 is 5.32 Å². The molecule has 2 aliphatic rings. The number of rotatable bonds is 4. The van der Waals surface area contributed by atoms with Gasteiger partial charge in [0.15, 0.2) is 0 Å². The van der Waals surface area contributed by atoms with E-state index in [-0.39, 0.29) is 0 Å². The van der Waals surface area contributed by atoms with Crippen LogP contribution in [0.2, 0.25) is 0 Å². The zero-order valence-electron chi connectivity index (χ0n) is 13.4. The number of piperazine rings is 1. The normalized spacial score (nSPS) is 25.1. The summed E-state index contributed by atoms with van der Waals surface area (Å²) in [6, 6.07) is 8.79. The van der Waals surface area contributed by atoms with E-state index in [1.165, 1.54) is 69.8 Å². The summed E-state index contributed by atoms with van der Waals surface area (Å²) < 4.78 is 0. The van der Waals surface area contributed by atoms with Crippen molar-refractivity contribution >= 4 is 0 Å². The van der Waals surface area contributed by atoms with E-state index >= 15 is 0 Å². The third-order valence-corrected chi connectivity index (χ3v) is 5.04. The van der Waals surface area contributed by atoms with Crippen LogP contribution in [0.1, 0.15) is 24.0 Å². The molecule has 2 fully saturated rings. The Morgan fingerprint density at radius 3 is 2.57 bits per heavy atom. The van der Waals surface area contributed by atoms with E-state index in [1.54, 1.807) is 0 Å². The average molecular weight is 287 g/mol. The van der Waals surface area contributed by atoms with Gasteiger partial charge < -0.3 is 10.2 Å². The van der Waals surface area contributed by atoms with Crippen molar-refractivity contribution in [1.29, 1.82) is 0 Å². The first kappa shape index (κ1) is 15.0. The third-order valence-electron chi connectivity index (χ3n) is 5.04. The van der Waals surface area contributed by atoms with Crippen molar-refractivity contribution in [3.63, 3.8) is 0 Å². The van der Waals surface area contributed by atoms with Crippen LogP contribution in [-0.4, -0.2) is 55.6 Å². The Kier molecular flexibility index (Phi) is 5.28. The summed E-state index contributed by atoms with van der Waals surface area (Å²) >= 11 is 0. The van der Waals surface area contributed by atoms with Crippen molar-refractivity contribution in [2.45, 2.75) is 26.3 Å². The van der Waals surface area contributed by atoms with Gasteiger partial charge in [0.05, 0.1) is 0 Å².